The van der Waals surface area contributed by atoms with Crippen LogP contribution in [0.25, 0.3) is 0 Å². The van der Waals surface area contributed by atoms with E-state index in [0.717, 1.165) is 4.47 Å². The number of nitrogens with one attached hydrogen (secondary N) is 1. The first-order valence-corrected chi connectivity index (χ1v) is 4.86. The van der Waals surface area contributed by atoms with E-state index < -0.39 is 6.10 Å². The average Bonchev–Trinajstić information content (AvgIpc) is 2.18. The summed E-state index contributed by atoms with van der Waals surface area (Å²) in [6.45, 7) is 0.0960. The molecule has 0 spiro atoms. The molecule has 0 saturated heterocycles. The van der Waals surface area contributed by atoms with Crippen LogP contribution >= 0.6 is 15.9 Å². The molecule has 5 heteroatoms. The molecule has 0 aliphatic carbocycles. The molecule has 78 valence electrons. The first kappa shape index (κ1) is 11.5. The molecule has 1 atom stereocenters. The molecule has 1 aromatic carbocycles. The van der Waals surface area contributed by atoms with Gasteiger partial charge in [0.2, 0.25) is 0 Å². The van der Waals surface area contributed by atoms with Crippen molar-refractivity contribution in [3.63, 3.8) is 0 Å². The van der Waals surface area contributed by atoms with E-state index in [0.29, 0.717) is 11.3 Å². The normalized spacial score (nSPS) is 12.6. The second kappa shape index (κ2) is 5.31. The van der Waals surface area contributed by atoms with Crippen molar-refractivity contribution >= 4 is 15.9 Å². The van der Waals surface area contributed by atoms with Crippen LogP contribution < -0.4 is 10.2 Å². The van der Waals surface area contributed by atoms with Gasteiger partial charge in [0.15, 0.2) is 0 Å². The van der Waals surface area contributed by atoms with Gasteiger partial charge in [0, 0.05) is 0 Å². The summed E-state index contributed by atoms with van der Waals surface area (Å²) in [7, 11) is 1.57. The van der Waals surface area contributed by atoms with Gasteiger partial charge in [0.1, 0.15) is 5.75 Å². The summed E-state index contributed by atoms with van der Waals surface area (Å²) in [6, 6.07) is 5.24. The number of aliphatic hydroxyl groups excluding tert-OH is 1. The predicted molar refractivity (Wildman–Crippen MR) is 55.4 cm³/mol. The highest BCUT2D eigenvalue weighted by Gasteiger charge is 2.09. The lowest BCUT2D eigenvalue weighted by Gasteiger charge is -2.11. The Morgan fingerprint density at radius 3 is 2.79 bits per heavy atom. The molecular weight excluding hydrogens is 250 g/mol. The molecule has 1 aromatic rings. The summed E-state index contributed by atoms with van der Waals surface area (Å²) in [5.74, 6) is 0.706. The standard InChI is InChI=1S/C9H12BrNO3/c1-14-9-3-2-6(4-7(9)10)8(12)5-11-13/h2-4,8,11-13H,5H2,1H3. The Labute approximate surface area is 90.6 Å². The van der Waals surface area contributed by atoms with E-state index in [1.165, 1.54) is 0 Å². The summed E-state index contributed by atoms with van der Waals surface area (Å²) < 4.78 is 5.82. The number of ether oxygens (including phenoxy) is 1. The van der Waals surface area contributed by atoms with Gasteiger partial charge in [-0.15, -0.1) is 0 Å². The zero-order chi connectivity index (χ0) is 10.6. The fourth-order valence-corrected chi connectivity index (χ4v) is 1.65. The molecule has 0 fully saturated rings. The van der Waals surface area contributed by atoms with Crippen LogP contribution in [-0.4, -0.2) is 24.0 Å². The fraction of sp³-hybridized carbons (Fsp3) is 0.333. The number of aliphatic hydroxyl groups is 1. The Hall–Kier alpha value is -0.620. The lowest BCUT2D eigenvalue weighted by atomic mass is 10.1. The lowest BCUT2D eigenvalue weighted by Crippen LogP contribution is -2.17. The van der Waals surface area contributed by atoms with E-state index in [1.807, 2.05) is 5.48 Å². The summed E-state index contributed by atoms with van der Waals surface area (Å²) in [5, 5.41) is 17.9. The number of hydrogen-bond donors (Lipinski definition) is 3. The van der Waals surface area contributed by atoms with Gasteiger partial charge in [0.25, 0.3) is 0 Å². The van der Waals surface area contributed by atoms with Crippen molar-refractivity contribution in [1.29, 1.82) is 0 Å². The predicted octanol–water partition coefficient (Wildman–Crippen LogP) is 1.47. The maximum absolute atomic E-state index is 9.52. The number of methoxy groups -OCH3 is 1. The smallest absolute Gasteiger partial charge is 0.133 e. The molecule has 0 radical (unpaired) electrons. The van der Waals surface area contributed by atoms with Gasteiger partial charge in [-0.05, 0) is 33.6 Å². The summed E-state index contributed by atoms with van der Waals surface area (Å²) >= 11 is 3.31. The first-order chi connectivity index (χ1) is 6.69. The molecule has 3 N–H and O–H groups in total. The minimum atomic E-state index is -0.734. The van der Waals surface area contributed by atoms with E-state index in [2.05, 4.69) is 15.9 Å². The van der Waals surface area contributed by atoms with Gasteiger partial charge in [-0.25, -0.2) is 5.48 Å². The van der Waals surface area contributed by atoms with Crippen LogP contribution in [0.3, 0.4) is 0 Å². The Morgan fingerprint density at radius 2 is 2.29 bits per heavy atom. The fourth-order valence-electron chi connectivity index (χ4n) is 1.09. The highest BCUT2D eigenvalue weighted by Crippen LogP contribution is 2.27. The number of hydrogen-bond acceptors (Lipinski definition) is 4. The van der Waals surface area contributed by atoms with Crippen molar-refractivity contribution in [3.05, 3.63) is 28.2 Å². The van der Waals surface area contributed by atoms with Crippen molar-refractivity contribution in [2.75, 3.05) is 13.7 Å². The third-order valence-electron chi connectivity index (χ3n) is 1.85. The molecule has 0 aromatic heterocycles. The largest absolute Gasteiger partial charge is 0.496 e. The highest BCUT2D eigenvalue weighted by atomic mass is 79.9. The number of halogens is 1. The zero-order valence-electron chi connectivity index (χ0n) is 7.70. The number of hydroxylamine groups is 1. The van der Waals surface area contributed by atoms with Gasteiger partial charge in [0.05, 0.1) is 24.2 Å². The van der Waals surface area contributed by atoms with E-state index in [9.17, 15) is 5.11 Å². The van der Waals surface area contributed by atoms with Crippen LogP contribution in [0.5, 0.6) is 5.75 Å². The molecular formula is C9H12BrNO3. The number of benzene rings is 1. The average molecular weight is 262 g/mol. The lowest BCUT2D eigenvalue weighted by molar-refractivity contribution is 0.0921. The third kappa shape index (κ3) is 2.68. The van der Waals surface area contributed by atoms with Gasteiger partial charge in [-0.1, -0.05) is 6.07 Å². The van der Waals surface area contributed by atoms with Gasteiger partial charge < -0.3 is 15.1 Å². The Kier molecular flexibility index (Phi) is 4.34. The monoisotopic (exact) mass is 261 g/mol. The minimum Gasteiger partial charge on any atom is -0.496 e. The SMILES string of the molecule is COc1ccc(C(O)CNO)cc1Br. The Morgan fingerprint density at radius 1 is 1.57 bits per heavy atom. The maximum atomic E-state index is 9.52. The van der Waals surface area contributed by atoms with E-state index in [1.54, 1.807) is 25.3 Å². The van der Waals surface area contributed by atoms with Crippen LogP contribution in [0.4, 0.5) is 0 Å². The van der Waals surface area contributed by atoms with Crippen molar-refractivity contribution in [2.45, 2.75) is 6.10 Å². The minimum absolute atomic E-state index is 0.0960. The van der Waals surface area contributed by atoms with Crippen LogP contribution in [-0.2, 0) is 0 Å². The Bertz CT molecular complexity index is 306. The molecule has 0 aliphatic heterocycles. The summed E-state index contributed by atoms with van der Waals surface area (Å²) in [6.07, 6.45) is -0.734. The van der Waals surface area contributed by atoms with Crippen molar-refractivity contribution in [3.8, 4) is 5.75 Å². The van der Waals surface area contributed by atoms with E-state index in [-0.39, 0.29) is 6.54 Å². The van der Waals surface area contributed by atoms with Crippen molar-refractivity contribution in [2.24, 2.45) is 0 Å². The molecule has 14 heavy (non-hydrogen) atoms. The van der Waals surface area contributed by atoms with Crippen molar-refractivity contribution in [1.82, 2.24) is 5.48 Å². The molecule has 1 unspecified atom stereocenters. The molecule has 0 bridgehead atoms. The van der Waals surface area contributed by atoms with Gasteiger partial charge in [-0.2, -0.15) is 0 Å². The van der Waals surface area contributed by atoms with Crippen molar-refractivity contribution < 1.29 is 15.1 Å². The molecule has 4 nitrogen and oxygen atoms in total. The highest BCUT2D eigenvalue weighted by molar-refractivity contribution is 9.10. The third-order valence-corrected chi connectivity index (χ3v) is 2.46. The van der Waals surface area contributed by atoms with Crippen LogP contribution in [0.2, 0.25) is 0 Å². The number of rotatable bonds is 4. The van der Waals surface area contributed by atoms with Crippen LogP contribution in [0, 0.1) is 0 Å². The van der Waals surface area contributed by atoms with Gasteiger partial charge in [-0.3, -0.25) is 0 Å². The Balaban J connectivity index is 2.85. The molecule has 0 heterocycles. The van der Waals surface area contributed by atoms with E-state index in [4.69, 9.17) is 9.94 Å². The van der Waals surface area contributed by atoms with Gasteiger partial charge >= 0.3 is 0 Å². The second-order valence-electron chi connectivity index (χ2n) is 2.77. The van der Waals surface area contributed by atoms with Crippen LogP contribution in [0.1, 0.15) is 11.7 Å². The molecule has 0 saturated carbocycles. The first-order valence-electron chi connectivity index (χ1n) is 4.07. The summed E-state index contributed by atoms with van der Waals surface area (Å²) in [4.78, 5) is 0. The molecule has 1 rings (SSSR count). The summed E-state index contributed by atoms with van der Waals surface area (Å²) in [5.41, 5.74) is 2.63. The molecule has 0 aliphatic rings. The topological polar surface area (TPSA) is 61.7 Å². The molecule has 0 amide bonds. The van der Waals surface area contributed by atoms with E-state index >= 15 is 0 Å². The zero-order valence-corrected chi connectivity index (χ0v) is 9.28. The van der Waals surface area contributed by atoms with Crippen LogP contribution in [0.15, 0.2) is 22.7 Å². The quantitative estimate of drug-likeness (QED) is 0.719. The second-order valence-corrected chi connectivity index (χ2v) is 3.63. The maximum Gasteiger partial charge on any atom is 0.133 e.